The topological polar surface area (TPSA) is 58.7 Å². The summed E-state index contributed by atoms with van der Waals surface area (Å²) in [5, 5.41) is 9.50. The lowest BCUT2D eigenvalue weighted by atomic mass is 10.1. The van der Waals surface area contributed by atoms with E-state index in [0.717, 1.165) is 28.0 Å². The van der Waals surface area contributed by atoms with Crippen molar-refractivity contribution in [1.82, 2.24) is 9.55 Å². The van der Waals surface area contributed by atoms with Crippen LogP contribution < -0.4 is 5.56 Å². The molecule has 34 heavy (non-hydrogen) atoms. The Morgan fingerprint density at radius 2 is 1.79 bits per heavy atom. The molecule has 0 N–H and O–H groups in total. The normalized spacial score (nSPS) is 11.4. The molecule has 0 fully saturated rings. The fourth-order valence-corrected chi connectivity index (χ4v) is 4.55. The van der Waals surface area contributed by atoms with Crippen molar-refractivity contribution >= 4 is 22.9 Å². The maximum absolute atomic E-state index is 14.3. The molecule has 3 heterocycles. The number of benzene rings is 1. The standard InChI is InChI=1S/C23H11ClF5N3OS/c24-21-7-12(5-6-31-21)19-3-4-20(34-19)18-9-16(23(27,28)29)15(10-30)22(33)32(18)11-13-1-2-14(25)8-17(13)26/h1-9H,11H2. The number of nitrogens with zero attached hydrogens (tertiary/aromatic N) is 3. The maximum Gasteiger partial charge on any atom is 0.417 e. The molecule has 0 atom stereocenters. The van der Waals surface area contributed by atoms with Gasteiger partial charge in [-0.05, 0) is 42.0 Å². The molecule has 1 aromatic carbocycles. The van der Waals surface area contributed by atoms with E-state index in [1.165, 1.54) is 18.3 Å². The highest BCUT2D eigenvalue weighted by Gasteiger charge is 2.36. The monoisotopic (exact) mass is 507 g/mol. The summed E-state index contributed by atoms with van der Waals surface area (Å²) in [6, 6.07) is 11.0. The van der Waals surface area contributed by atoms with Crippen LogP contribution in [-0.2, 0) is 12.7 Å². The highest BCUT2D eigenvalue weighted by Crippen LogP contribution is 2.38. The molecule has 0 spiro atoms. The number of hydrogen-bond acceptors (Lipinski definition) is 4. The molecule has 0 unspecified atom stereocenters. The molecular weight excluding hydrogens is 497 g/mol. The van der Waals surface area contributed by atoms with Crippen molar-refractivity contribution in [3.8, 4) is 27.1 Å². The van der Waals surface area contributed by atoms with Crippen LogP contribution in [0.4, 0.5) is 22.0 Å². The molecule has 3 aromatic heterocycles. The van der Waals surface area contributed by atoms with Gasteiger partial charge in [-0.1, -0.05) is 17.7 Å². The summed E-state index contributed by atoms with van der Waals surface area (Å²) in [6.45, 7) is -0.512. The Hall–Kier alpha value is -3.55. The van der Waals surface area contributed by atoms with Crippen molar-refractivity contribution in [2.45, 2.75) is 12.7 Å². The fourth-order valence-electron chi connectivity index (χ4n) is 3.35. The van der Waals surface area contributed by atoms with Crippen LogP contribution in [0.2, 0.25) is 5.15 Å². The molecule has 0 radical (unpaired) electrons. The zero-order chi connectivity index (χ0) is 24.6. The average Bonchev–Trinajstić information content (AvgIpc) is 3.26. The summed E-state index contributed by atoms with van der Waals surface area (Å²) in [6.07, 6.45) is -3.51. The largest absolute Gasteiger partial charge is 0.417 e. The van der Waals surface area contributed by atoms with Crippen LogP contribution >= 0.6 is 22.9 Å². The molecule has 4 rings (SSSR count). The van der Waals surface area contributed by atoms with Crippen LogP contribution in [0.1, 0.15) is 16.7 Å². The minimum atomic E-state index is -4.97. The molecule has 0 aliphatic rings. The third-order valence-corrected chi connectivity index (χ3v) is 6.29. The van der Waals surface area contributed by atoms with Crippen molar-refractivity contribution in [3.05, 3.63) is 98.6 Å². The van der Waals surface area contributed by atoms with Gasteiger partial charge < -0.3 is 4.57 Å². The fraction of sp³-hybridized carbons (Fsp3) is 0.0870. The van der Waals surface area contributed by atoms with Gasteiger partial charge in [-0.3, -0.25) is 4.79 Å². The van der Waals surface area contributed by atoms with E-state index in [-0.39, 0.29) is 21.3 Å². The summed E-state index contributed by atoms with van der Waals surface area (Å²) in [5.41, 5.74) is -3.40. The van der Waals surface area contributed by atoms with Crippen LogP contribution in [0, 0.1) is 23.0 Å². The first-order chi connectivity index (χ1) is 16.1. The Morgan fingerprint density at radius 1 is 1.06 bits per heavy atom. The first-order valence-electron chi connectivity index (χ1n) is 9.49. The van der Waals surface area contributed by atoms with E-state index in [4.69, 9.17) is 11.6 Å². The zero-order valence-corrected chi connectivity index (χ0v) is 18.4. The van der Waals surface area contributed by atoms with Crippen LogP contribution in [0.15, 0.2) is 59.5 Å². The van der Waals surface area contributed by atoms with Crippen molar-refractivity contribution in [2.24, 2.45) is 0 Å². The Morgan fingerprint density at radius 3 is 2.44 bits per heavy atom. The van der Waals surface area contributed by atoms with Crippen LogP contribution in [-0.4, -0.2) is 9.55 Å². The maximum atomic E-state index is 14.3. The van der Waals surface area contributed by atoms with Gasteiger partial charge in [0.05, 0.1) is 22.7 Å². The number of pyridine rings is 2. The molecule has 172 valence electrons. The van der Waals surface area contributed by atoms with Crippen molar-refractivity contribution in [3.63, 3.8) is 0 Å². The number of aromatic nitrogens is 2. The summed E-state index contributed by atoms with van der Waals surface area (Å²) in [5.74, 6) is -1.83. The van der Waals surface area contributed by atoms with Crippen molar-refractivity contribution in [2.75, 3.05) is 0 Å². The van der Waals surface area contributed by atoms with E-state index < -0.39 is 41.0 Å². The number of halogens is 6. The molecule has 4 nitrogen and oxygen atoms in total. The quantitative estimate of drug-likeness (QED) is 0.234. The van der Waals surface area contributed by atoms with E-state index in [0.29, 0.717) is 22.6 Å². The van der Waals surface area contributed by atoms with Gasteiger partial charge in [0.1, 0.15) is 28.4 Å². The van der Waals surface area contributed by atoms with Gasteiger partial charge in [-0.15, -0.1) is 11.3 Å². The molecule has 0 saturated carbocycles. The predicted octanol–water partition coefficient (Wildman–Crippen LogP) is 6.51. The third kappa shape index (κ3) is 4.58. The van der Waals surface area contributed by atoms with Gasteiger partial charge in [0.25, 0.3) is 5.56 Å². The van der Waals surface area contributed by atoms with E-state index in [1.54, 1.807) is 18.2 Å². The number of nitriles is 1. The van der Waals surface area contributed by atoms with Gasteiger partial charge in [-0.2, -0.15) is 18.4 Å². The number of hydrogen-bond donors (Lipinski definition) is 0. The molecule has 11 heteroatoms. The molecule has 0 aliphatic heterocycles. The molecule has 0 saturated heterocycles. The number of rotatable bonds is 4. The minimum Gasteiger partial charge on any atom is -0.302 e. The van der Waals surface area contributed by atoms with Gasteiger partial charge in [0, 0.05) is 22.7 Å². The highest BCUT2D eigenvalue weighted by atomic mass is 35.5. The van der Waals surface area contributed by atoms with Crippen molar-refractivity contribution in [1.29, 1.82) is 5.26 Å². The van der Waals surface area contributed by atoms with E-state index in [2.05, 4.69) is 4.98 Å². The average molecular weight is 508 g/mol. The van der Waals surface area contributed by atoms with E-state index >= 15 is 0 Å². The summed E-state index contributed by atoms with van der Waals surface area (Å²) in [4.78, 5) is 17.8. The van der Waals surface area contributed by atoms with E-state index in [1.807, 2.05) is 0 Å². The smallest absolute Gasteiger partial charge is 0.302 e. The third-order valence-electron chi connectivity index (χ3n) is 4.93. The zero-order valence-electron chi connectivity index (χ0n) is 16.8. The van der Waals surface area contributed by atoms with Crippen LogP contribution in [0.3, 0.4) is 0 Å². The Labute approximate surface area is 198 Å². The minimum absolute atomic E-state index is 0.133. The predicted molar refractivity (Wildman–Crippen MR) is 117 cm³/mol. The van der Waals surface area contributed by atoms with Gasteiger partial charge in [0.15, 0.2) is 0 Å². The Balaban J connectivity index is 1.94. The van der Waals surface area contributed by atoms with Gasteiger partial charge >= 0.3 is 6.18 Å². The number of thiophene rings is 1. The first kappa shape index (κ1) is 23.6. The summed E-state index contributed by atoms with van der Waals surface area (Å²) < 4.78 is 69.5. The lowest BCUT2D eigenvalue weighted by molar-refractivity contribution is -0.137. The Kier molecular flexibility index (Phi) is 6.25. The number of alkyl halides is 3. The SMILES string of the molecule is N#Cc1c(C(F)(F)F)cc(-c2ccc(-c3ccnc(Cl)c3)s2)n(Cc2ccc(F)cc2F)c1=O. The summed E-state index contributed by atoms with van der Waals surface area (Å²) >= 11 is 6.99. The van der Waals surface area contributed by atoms with Gasteiger partial charge in [0.2, 0.25) is 0 Å². The second-order valence-corrected chi connectivity index (χ2v) is 8.56. The lowest BCUT2D eigenvalue weighted by Crippen LogP contribution is -2.28. The highest BCUT2D eigenvalue weighted by molar-refractivity contribution is 7.18. The Bertz CT molecular complexity index is 1500. The molecule has 4 aromatic rings. The molecule has 0 amide bonds. The van der Waals surface area contributed by atoms with E-state index in [9.17, 15) is 32.0 Å². The lowest BCUT2D eigenvalue weighted by Gasteiger charge is -2.17. The summed E-state index contributed by atoms with van der Waals surface area (Å²) in [7, 11) is 0. The second-order valence-electron chi connectivity index (χ2n) is 7.09. The first-order valence-corrected chi connectivity index (χ1v) is 10.7. The van der Waals surface area contributed by atoms with Crippen molar-refractivity contribution < 1.29 is 22.0 Å². The molecule has 0 aliphatic carbocycles. The van der Waals surface area contributed by atoms with Gasteiger partial charge in [-0.25, -0.2) is 13.8 Å². The molecular formula is C23H11ClF5N3OS. The van der Waals surface area contributed by atoms with Crippen LogP contribution in [0.25, 0.3) is 21.0 Å². The second kappa shape index (κ2) is 9.00. The van der Waals surface area contributed by atoms with Crippen LogP contribution in [0.5, 0.6) is 0 Å². The molecule has 0 bridgehead atoms.